The summed E-state index contributed by atoms with van der Waals surface area (Å²) in [5, 5.41) is 0. The van der Waals surface area contributed by atoms with Gasteiger partial charge in [0.15, 0.2) is 0 Å². The lowest BCUT2D eigenvalue weighted by atomic mass is 9.43. The van der Waals surface area contributed by atoms with Gasteiger partial charge in [-0.25, -0.2) is 0 Å². The van der Waals surface area contributed by atoms with Crippen molar-refractivity contribution in [2.75, 3.05) is 6.61 Å². The first-order valence-corrected chi connectivity index (χ1v) is 9.22. The van der Waals surface area contributed by atoms with Crippen LogP contribution in [0, 0.1) is 22.7 Å². The second-order valence-electron chi connectivity index (χ2n) is 9.00. The Hall–Kier alpha value is -0.370. The highest BCUT2D eigenvalue weighted by molar-refractivity contribution is 5.85. The Kier molecular flexibility index (Phi) is 3.44. The molecule has 5 fully saturated rings. The van der Waals surface area contributed by atoms with E-state index in [0.29, 0.717) is 17.3 Å². The van der Waals surface area contributed by atoms with Crippen LogP contribution in [0.1, 0.15) is 77.6 Å². The van der Waals surface area contributed by atoms with Crippen LogP contribution in [0.25, 0.3) is 0 Å². The van der Waals surface area contributed by atoms with Gasteiger partial charge in [0.05, 0.1) is 6.10 Å². The van der Waals surface area contributed by atoms with Gasteiger partial charge in [0, 0.05) is 18.4 Å². The summed E-state index contributed by atoms with van der Waals surface area (Å²) in [5.74, 6) is 2.33. The largest absolute Gasteiger partial charge is 0.378 e. The topological polar surface area (TPSA) is 26.3 Å². The third-order valence-corrected chi connectivity index (χ3v) is 6.90. The molecule has 0 aromatic rings. The standard InChI is InChI=1S/C19H30O2/c1-18-9-14-8-15(10-18)12-19(11-14,13-18)17(20)6-2-4-16-5-3-7-21-16/h14-16H,2-13H2,1H3. The Balaban J connectivity index is 1.37. The third kappa shape index (κ3) is 2.58. The number of ketones is 1. The summed E-state index contributed by atoms with van der Waals surface area (Å²) in [5.41, 5.74) is 0.587. The molecule has 118 valence electrons. The highest BCUT2D eigenvalue weighted by atomic mass is 16.5. The number of carbonyl (C=O) groups is 1. The SMILES string of the molecule is CC12CC3CC(C1)CC(C(=O)CCCC1CCCO1)(C3)C2. The zero-order valence-corrected chi connectivity index (χ0v) is 13.5. The molecule has 0 spiro atoms. The first-order valence-electron chi connectivity index (χ1n) is 9.22. The summed E-state index contributed by atoms with van der Waals surface area (Å²) in [6.45, 7) is 3.39. The van der Waals surface area contributed by atoms with Gasteiger partial charge in [-0.05, 0) is 81.5 Å². The van der Waals surface area contributed by atoms with E-state index in [4.69, 9.17) is 4.74 Å². The molecule has 1 saturated heterocycles. The van der Waals surface area contributed by atoms with Gasteiger partial charge in [0.1, 0.15) is 5.78 Å². The van der Waals surface area contributed by atoms with E-state index in [1.165, 1.54) is 51.4 Å². The molecule has 0 aromatic carbocycles. The zero-order valence-electron chi connectivity index (χ0n) is 13.5. The number of hydrogen-bond acceptors (Lipinski definition) is 2. The molecule has 3 unspecified atom stereocenters. The Bertz CT molecular complexity index is 407. The van der Waals surface area contributed by atoms with Crippen molar-refractivity contribution in [2.45, 2.75) is 83.7 Å². The molecular weight excluding hydrogens is 260 g/mol. The maximum absolute atomic E-state index is 13.0. The van der Waals surface area contributed by atoms with E-state index >= 15 is 0 Å². The number of Topliss-reactive ketones (excluding diaryl/α,β-unsaturated/α-hetero) is 1. The summed E-state index contributed by atoms with van der Waals surface area (Å²) in [7, 11) is 0. The maximum atomic E-state index is 13.0. The fourth-order valence-electron chi connectivity index (χ4n) is 6.67. The minimum Gasteiger partial charge on any atom is -0.378 e. The van der Waals surface area contributed by atoms with Gasteiger partial charge in [0.25, 0.3) is 0 Å². The first kappa shape index (κ1) is 14.2. The first-order chi connectivity index (χ1) is 10.1. The van der Waals surface area contributed by atoms with Crippen LogP contribution in [0.15, 0.2) is 0 Å². The molecule has 4 aliphatic carbocycles. The lowest BCUT2D eigenvalue weighted by Gasteiger charge is -2.60. The van der Waals surface area contributed by atoms with Crippen LogP contribution in [0.2, 0.25) is 0 Å². The average Bonchev–Trinajstić information content (AvgIpc) is 2.88. The molecule has 1 heterocycles. The van der Waals surface area contributed by atoms with Gasteiger partial charge in [-0.3, -0.25) is 4.79 Å². The van der Waals surface area contributed by atoms with Crippen molar-refractivity contribution >= 4 is 5.78 Å². The van der Waals surface area contributed by atoms with Gasteiger partial charge in [-0.2, -0.15) is 0 Å². The van der Waals surface area contributed by atoms with Crippen LogP contribution in [-0.2, 0) is 9.53 Å². The van der Waals surface area contributed by atoms with E-state index in [2.05, 4.69) is 6.92 Å². The quantitative estimate of drug-likeness (QED) is 0.744. The predicted molar refractivity (Wildman–Crippen MR) is 83.1 cm³/mol. The van der Waals surface area contributed by atoms with Crippen molar-refractivity contribution in [3.05, 3.63) is 0 Å². The Morgan fingerprint density at radius 1 is 1.19 bits per heavy atom. The van der Waals surface area contributed by atoms with E-state index in [0.717, 1.165) is 37.7 Å². The van der Waals surface area contributed by atoms with Crippen molar-refractivity contribution in [1.82, 2.24) is 0 Å². The number of ether oxygens (including phenoxy) is 1. The van der Waals surface area contributed by atoms with Gasteiger partial charge < -0.3 is 4.74 Å². The molecular formula is C19H30O2. The average molecular weight is 290 g/mol. The van der Waals surface area contributed by atoms with Crippen LogP contribution < -0.4 is 0 Å². The third-order valence-electron chi connectivity index (χ3n) is 6.90. The van der Waals surface area contributed by atoms with Crippen molar-refractivity contribution in [3.8, 4) is 0 Å². The fraction of sp³-hybridized carbons (Fsp3) is 0.947. The number of hydrogen-bond donors (Lipinski definition) is 0. The van der Waals surface area contributed by atoms with E-state index in [1.807, 2.05) is 0 Å². The molecule has 3 atom stereocenters. The normalized spacial score (nSPS) is 48.0. The van der Waals surface area contributed by atoms with E-state index in [-0.39, 0.29) is 5.41 Å². The molecule has 0 N–H and O–H groups in total. The van der Waals surface area contributed by atoms with Crippen molar-refractivity contribution in [2.24, 2.45) is 22.7 Å². The molecule has 21 heavy (non-hydrogen) atoms. The second kappa shape index (κ2) is 5.08. The van der Waals surface area contributed by atoms with Crippen LogP contribution in [0.5, 0.6) is 0 Å². The molecule has 5 rings (SSSR count). The monoisotopic (exact) mass is 290 g/mol. The molecule has 1 aliphatic heterocycles. The van der Waals surface area contributed by atoms with Gasteiger partial charge in [-0.1, -0.05) is 6.92 Å². The van der Waals surface area contributed by atoms with Gasteiger partial charge in [-0.15, -0.1) is 0 Å². The molecule has 4 bridgehead atoms. The van der Waals surface area contributed by atoms with Gasteiger partial charge in [0.2, 0.25) is 0 Å². The van der Waals surface area contributed by atoms with E-state index in [1.54, 1.807) is 0 Å². The minimum atomic E-state index is 0.0926. The molecule has 0 amide bonds. The lowest BCUT2D eigenvalue weighted by Crippen LogP contribution is -2.53. The Labute approximate surface area is 129 Å². The molecule has 2 nitrogen and oxygen atoms in total. The molecule has 4 saturated carbocycles. The highest BCUT2D eigenvalue weighted by Crippen LogP contribution is 2.65. The fourth-order valence-corrected chi connectivity index (χ4v) is 6.67. The van der Waals surface area contributed by atoms with Crippen molar-refractivity contribution < 1.29 is 9.53 Å². The van der Waals surface area contributed by atoms with Crippen LogP contribution in [-0.4, -0.2) is 18.5 Å². The molecule has 0 aromatic heterocycles. The minimum absolute atomic E-state index is 0.0926. The summed E-state index contributed by atoms with van der Waals surface area (Å²) < 4.78 is 5.69. The smallest absolute Gasteiger partial charge is 0.139 e. The van der Waals surface area contributed by atoms with Crippen molar-refractivity contribution in [1.29, 1.82) is 0 Å². The Morgan fingerprint density at radius 3 is 2.57 bits per heavy atom. The Morgan fingerprint density at radius 2 is 1.95 bits per heavy atom. The highest BCUT2D eigenvalue weighted by Gasteiger charge is 2.58. The van der Waals surface area contributed by atoms with Gasteiger partial charge >= 0.3 is 0 Å². The van der Waals surface area contributed by atoms with Crippen LogP contribution in [0.4, 0.5) is 0 Å². The maximum Gasteiger partial charge on any atom is 0.139 e. The number of rotatable bonds is 5. The zero-order chi connectivity index (χ0) is 14.5. The molecule has 2 heteroatoms. The second-order valence-corrected chi connectivity index (χ2v) is 9.00. The van der Waals surface area contributed by atoms with Crippen molar-refractivity contribution in [3.63, 3.8) is 0 Å². The van der Waals surface area contributed by atoms with Crippen LogP contribution in [0.3, 0.4) is 0 Å². The van der Waals surface area contributed by atoms with E-state index in [9.17, 15) is 4.79 Å². The summed E-state index contributed by atoms with van der Waals surface area (Å²) >= 11 is 0. The lowest BCUT2D eigenvalue weighted by molar-refractivity contribution is -0.153. The molecule has 5 aliphatic rings. The summed E-state index contributed by atoms with van der Waals surface area (Å²) in [6.07, 6.45) is 13.7. The summed E-state index contributed by atoms with van der Waals surface area (Å²) in [6, 6.07) is 0. The van der Waals surface area contributed by atoms with E-state index < -0.39 is 0 Å². The van der Waals surface area contributed by atoms with Crippen LogP contribution >= 0.6 is 0 Å². The molecule has 0 radical (unpaired) electrons. The predicted octanol–water partition coefficient (Wildman–Crippen LogP) is 4.51. The number of carbonyl (C=O) groups excluding carboxylic acids is 1. The summed E-state index contributed by atoms with van der Waals surface area (Å²) in [4.78, 5) is 13.0.